The number of rotatable bonds is 6. The number of fused-ring (bicyclic) bond motifs is 3. The molecule has 0 radical (unpaired) electrons. The van der Waals surface area contributed by atoms with Gasteiger partial charge in [-0.2, -0.15) is 5.26 Å². The summed E-state index contributed by atoms with van der Waals surface area (Å²) in [7, 11) is 0. The molecule has 0 unspecified atom stereocenters. The maximum absolute atomic E-state index is 12.8. The molecule has 4 heterocycles. The van der Waals surface area contributed by atoms with Crippen molar-refractivity contribution in [1.82, 2.24) is 14.9 Å². The molecule has 3 atom stereocenters. The number of ether oxygens (including phenoxy) is 2. The summed E-state index contributed by atoms with van der Waals surface area (Å²) in [5.74, 6) is 0.924. The SMILES string of the molecule is N#Cc1ccc2ccc(=O)n(CCCN[C@@H]3CC[C@@H]4[C@@H](C3)OC(=O)N4c3ccc4c(n3)NC(=O)CO4)c2c1. The lowest BCUT2D eigenvalue weighted by Crippen LogP contribution is -2.46. The highest BCUT2D eigenvalue weighted by Crippen LogP contribution is 2.37. The van der Waals surface area contributed by atoms with E-state index in [1.807, 2.05) is 6.07 Å². The highest BCUT2D eigenvalue weighted by atomic mass is 16.6. The number of benzene rings is 1. The predicted molar refractivity (Wildman–Crippen MR) is 138 cm³/mol. The van der Waals surface area contributed by atoms with Gasteiger partial charge in [-0.1, -0.05) is 6.07 Å². The van der Waals surface area contributed by atoms with Crippen LogP contribution in [0.2, 0.25) is 0 Å². The zero-order chi connectivity index (χ0) is 26.2. The van der Waals surface area contributed by atoms with Crippen LogP contribution in [0.5, 0.6) is 5.75 Å². The number of nitriles is 1. The van der Waals surface area contributed by atoms with E-state index in [2.05, 4.69) is 21.7 Å². The van der Waals surface area contributed by atoms with Crippen LogP contribution in [0.1, 0.15) is 31.2 Å². The van der Waals surface area contributed by atoms with Gasteiger partial charge >= 0.3 is 6.09 Å². The second-order valence-corrected chi connectivity index (χ2v) is 9.74. The molecule has 3 aromatic rings. The van der Waals surface area contributed by atoms with Gasteiger partial charge in [0.15, 0.2) is 18.2 Å². The van der Waals surface area contributed by atoms with E-state index in [4.69, 9.17) is 9.47 Å². The molecule has 0 spiro atoms. The van der Waals surface area contributed by atoms with E-state index < -0.39 is 6.09 Å². The van der Waals surface area contributed by atoms with E-state index >= 15 is 0 Å². The van der Waals surface area contributed by atoms with E-state index in [1.54, 1.807) is 45.9 Å². The molecular formula is C27H26N6O5. The van der Waals surface area contributed by atoms with Gasteiger partial charge in [-0.3, -0.25) is 14.5 Å². The Hall–Kier alpha value is -4.43. The van der Waals surface area contributed by atoms with Crippen LogP contribution < -0.4 is 25.8 Å². The molecule has 1 saturated carbocycles. The number of pyridine rings is 2. The van der Waals surface area contributed by atoms with Crippen LogP contribution in [0.25, 0.3) is 10.9 Å². The monoisotopic (exact) mass is 514 g/mol. The number of aryl methyl sites for hydroxylation is 1. The van der Waals surface area contributed by atoms with Crippen LogP contribution in [0.3, 0.4) is 0 Å². The van der Waals surface area contributed by atoms with Gasteiger partial charge in [0, 0.05) is 25.1 Å². The van der Waals surface area contributed by atoms with E-state index in [9.17, 15) is 19.6 Å². The molecule has 6 rings (SSSR count). The first-order valence-electron chi connectivity index (χ1n) is 12.7. The lowest BCUT2D eigenvalue weighted by atomic mass is 9.88. The summed E-state index contributed by atoms with van der Waals surface area (Å²) in [6.45, 7) is 1.18. The Bertz CT molecular complexity index is 1530. The number of aromatic nitrogens is 2. The molecule has 194 valence electrons. The summed E-state index contributed by atoms with van der Waals surface area (Å²) in [6, 6.07) is 14.3. The van der Waals surface area contributed by atoms with Crippen molar-refractivity contribution in [3.05, 3.63) is 58.4 Å². The van der Waals surface area contributed by atoms with E-state index in [1.165, 1.54) is 0 Å². The number of anilines is 2. The van der Waals surface area contributed by atoms with Crippen molar-refractivity contribution in [2.45, 2.75) is 50.4 Å². The summed E-state index contributed by atoms with van der Waals surface area (Å²) < 4.78 is 12.8. The lowest BCUT2D eigenvalue weighted by molar-refractivity contribution is -0.118. The minimum absolute atomic E-state index is 0.0559. The molecule has 38 heavy (non-hydrogen) atoms. The Morgan fingerprint density at radius 3 is 2.87 bits per heavy atom. The van der Waals surface area contributed by atoms with Crippen LogP contribution in [0.15, 0.2) is 47.3 Å². The molecule has 0 bridgehead atoms. The first-order chi connectivity index (χ1) is 18.5. The Kier molecular flexibility index (Phi) is 6.17. The van der Waals surface area contributed by atoms with Crippen molar-refractivity contribution in [3.63, 3.8) is 0 Å². The average Bonchev–Trinajstić information content (AvgIpc) is 3.26. The minimum Gasteiger partial charge on any atom is -0.480 e. The van der Waals surface area contributed by atoms with Crippen molar-refractivity contribution in [1.29, 1.82) is 5.26 Å². The van der Waals surface area contributed by atoms with Gasteiger partial charge in [-0.05, 0) is 61.5 Å². The maximum Gasteiger partial charge on any atom is 0.416 e. The fourth-order valence-electron chi connectivity index (χ4n) is 5.53. The highest BCUT2D eigenvalue weighted by Gasteiger charge is 2.46. The third kappa shape index (κ3) is 4.43. The van der Waals surface area contributed by atoms with E-state index in [0.717, 1.165) is 30.2 Å². The number of hydrogen-bond donors (Lipinski definition) is 2. The molecule has 2 aliphatic heterocycles. The molecule has 1 aliphatic carbocycles. The van der Waals surface area contributed by atoms with Gasteiger partial charge in [0.2, 0.25) is 0 Å². The van der Waals surface area contributed by atoms with Gasteiger partial charge in [0.25, 0.3) is 11.5 Å². The van der Waals surface area contributed by atoms with Crippen LogP contribution in [0, 0.1) is 11.3 Å². The van der Waals surface area contributed by atoms with Crippen molar-refractivity contribution >= 4 is 34.5 Å². The average molecular weight is 515 g/mol. The molecule has 1 aromatic carbocycles. The normalized spacial score (nSPS) is 22.2. The molecule has 11 heteroatoms. The van der Waals surface area contributed by atoms with Gasteiger partial charge in [-0.15, -0.1) is 0 Å². The number of carbonyl (C=O) groups excluding carboxylic acids is 2. The Balaban J connectivity index is 1.06. The molecular weight excluding hydrogens is 488 g/mol. The summed E-state index contributed by atoms with van der Waals surface area (Å²) >= 11 is 0. The molecule has 11 nitrogen and oxygen atoms in total. The van der Waals surface area contributed by atoms with Gasteiger partial charge in [0.1, 0.15) is 11.9 Å². The van der Waals surface area contributed by atoms with Crippen molar-refractivity contribution in [2.75, 3.05) is 23.4 Å². The van der Waals surface area contributed by atoms with E-state index in [-0.39, 0.29) is 36.3 Å². The number of amides is 2. The topological polar surface area (TPSA) is 139 Å². The standard InChI is InChI=1S/C27H26N6O5/c28-14-16-2-3-17-4-9-25(35)32(20(17)12-16)11-1-10-29-18-5-6-19-22(13-18)38-27(36)33(19)23-8-7-21-26(30-23)31-24(34)15-37-21/h2-4,7-9,12,18-19,22,29H,1,5-6,10-11,13,15H2,(H,30,31,34)/t18-,19-,22-/m1/s1. The summed E-state index contributed by atoms with van der Waals surface area (Å²) in [6.07, 6.45) is 2.32. The zero-order valence-electron chi connectivity index (χ0n) is 20.6. The smallest absolute Gasteiger partial charge is 0.416 e. The summed E-state index contributed by atoms with van der Waals surface area (Å²) in [4.78, 5) is 42.9. The lowest BCUT2D eigenvalue weighted by Gasteiger charge is -2.33. The van der Waals surface area contributed by atoms with Crippen LogP contribution >= 0.6 is 0 Å². The summed E-state index contributed by atoms with van der Waals surface area (Å²) in [5.41, 5.74) is 1.19. The first-order valence-corrected chi connectivity index (χ1v) is 12.7. The summed E-state index contributed by atoms with van der Waals surface area (Å²) in [5, 5.41) is 16.4. The van der Waals surface area contributed by atoms with Gasteiger partial charge in [0.05, 0.1) is 23.2 Å². The molecule has 1 saturated heterocycles. The first kappa shape index (κ1) is 23.9. The molecule has 3 aliphatic rings. The number of hydrogen-bond acceptors (Lipinski definition) is 8. The zero-order valence-corrected chi connectivity index (χ0v) is 20.6. The van der Waals surface area contributed by atoms with Crippen molar-refractivity contribution in [3.8, 4) is 11.8 Å². The number of nitrogens with one attached hydrogen (secondary N) is 2. The second kappa shape index (κ2) is 9.79. The van der Waals surface area contributed by atoms with E-state index in [0.29, 0.717) is 42.5 Å². The quantitative estimate of drug-likeness (QED) is 0.479. The van der Waals surface area contributed by atoms with Gasteiger partial charge < -0.3 is 24.7 Å². The van der Waals surface area contributed by atoms with Crippen LogP contribution in [-0.2, 0) is 16.1 Å². The largest absolute Gasteiger partial charge is 0.480 e. The molecule has 2 N–H and O–H groups in total. The Labute approximate surface area is 218 Å². The number of nitrogens with zero attached hydrogens (tertiary/aromatic N) is 4. The minimum atomic E-state index is -0.441. The maximum atomic E-state index is 12.8. The highest BCUT2D eigenvalue weighted by molar-refractivity contribution is 5.95. The Morgan fingerprint density at radius 2 is 2.00 bits per heavy atom. The van der Waals surface area contributed by atoms with Crippen molar-refractivity contribution in [2.24, 2.45) is 0 Å². The fraction of sp³-hybridized carbons (Fsp3) is 0.370. The Morgan fingerprint density at radius 1 is 1.13 bits per heavy atom. The van der Waals surface area contributed by atoms with Crippen LogP contribution in [0.4, 0.5) is 16.4 Å². The molecule has 2 amide bonds. The predicted octanol–water partition coefficient (Wildman–Crippen LogP) is 2.53. The molecule has 2 aromatic heterocycles. The second-order valence-electron chi connectivity index (χ2n) is 9.74. The third-order valence-electron chi connectivity index (χ3n) is 7.36. The van der Waals surface area contributed by atoms with Crippen molar-refractivity contribution < 1.29 is 19.1 Å². The number of carbonyl (C=O) groups is 2. The van der Waals surface area contributed by atoms with Gasteiger partial charge in [-0.25, -0.2) is 9.78 Å². The van der Waals surface area contributed by atoms with Crippen LogP contribution in [-0.4, -0.2) is 52.9 Å². The molecule has 2 fully saturated rings. The fourth-order valence-corrected chi connectivity index (χ4v) is 5.53. The third-order valence-corrected chi connectivity index (χ3v) is 7.36.